The van der Waals surface area contributed by atoms with E-state index >= 15 is 0 Å². The molecular formula is C13H16N2O2S. The van der Waals surface area contributed by atoms with Gasteiger partial charge in [-0.15, -0.1) is 11.8 Å². The molecule has 18 heavy (non-hydrogen) atoms. The summed E-state index contributed by atoms with van der Waals surface area (Å²) in [6, 6.07) is 7.91. The summed E-state index contributed by atoms with van der Waals surface area (Å²) in [5.41, 5.74) is 1.09. The van der Waals surface area contributed by atoms with Crippen LogP contribution in [0, 0.1) is 0 Å². The topological polar surface area (TPSA) is 41.6 Å². The van der Waals surface area contributed by atoms with E-state index in [2.05, 4.69) is 5.32 Å². The molecule has 0 saturated carbocycles. The Bertz CT molecular complexity index is 446. The van der Waals surface area contributed by atoms with Crippen LogP contribution in [-0.4, -0.2) is 41.6 Å². The average molecular weight is 264 g/mol. The second-order valence-corrected chi connectivity index (χ2v) is 5.52. The first-order valence-electron chi connectivity index (χ1n) is 6.15. The van der Waals surface area contributed by atoms with Gasteiger partial charge < -0.3 is 9.64 Å². The Labute approximate surface area is 111 Å². The molecule has 5 heteroatoms. The van der Waals surface area contributed by atoms with E-state index in [0.29, 0.717) is 19.7 Å². The maximum Gasteiger partial charge on any atom is 0.241 e. The summed E-state index contributed by atoms with van der Waals surface area (Å²) in [6.07, 6.45) is 0. The zero-order valence-electron chi connectivity index (χ0n) is 10.1. The van der Waals surface area contributed by atoms with Crippen molar-refractivity contribution in [3.05, 3.63) is 29.8 Å². The number of fused-ring (bicyclic) bond motifs is 1. The molecule has 0 bridgehead atoms. The minimum atomic E-state index is -0.0275. The van der Waals surface area contributed by atoms with Crippen molar-refractivity contribution < 1.29 is 9.53 Å². The number of hydrogen-bond acceptors (Lipinski definition) is 4. The molecule has 1 aromatic rings. The third-order valence-electron chi connectivity index (χ3n) is 3.28. The number of benzene rings is 1. The molecular weight excluding hydrogens is 248 g/mol. The van der Waals surface area contributed by atoms with E-state index < -0.39 is 0 Å². The Morgan fingerprint density at radius 3 is 3.17 bits per heavy atom. The fourth-order valence-corrected chi connectivity index (χ4v) is 3.22. The molecule has 96 valence electrons. The lowest BCUT2D eigenvalue weighted by molar-refractivity contribution is -0.133. The minimum absolute atomic E-state index is 0.0275. The van der Waals surface area contributed by atoms with Crippen molar-refractivity contribution in [1.29, 1.82) is 0 Å². The third kappa shape index (κ3) is 2.33. The molecule has 1 saturated heterocycles. The molecule has 1 unspecified atom stereocenters. The summed E-state index contributed by atoms with van der Waals surface area (Å²) in [4.78, 5) is 14.3. The van der Waals surface area contributed by atoms with E-state index in [1.807, 2.05) is 29.2 Å². The average Bonchev–Trinajstić information content (AvgIpc) is 2.84. The van der Waals surface area contributed by atoms with Gasteiger partial charge in [0.25, 0.3) is 0 Å². The standard InChI is InChI=1S/C13H16N2O2S/c16-13(11-8-18-9-14-11)15-5-6-17-12-4-2-1-3-10(12)7-15/h1-4,11,14H,5-9H2. The number of nitrogens with zero attached hydrogens (tertiary/aromatic N) is 1. The summed E-state index contributed by atoms with van der Waals surface area (Å²) in [7, 11) is 0. The van der Waals surface area contributed by atoms with E-state index in [9.17, 15) is 4.79 Å². The van der Waals surface area contributed by atoms with Gasteiger partial charge >= 0.3 is 0 Å². The number of rotatable bonds is 1. The Morgan fingerprint density at radius 1 is 1.44 bits per heavy atom. The van der Waals surface area contributed by atoms with Crippen LogP contribution in [0.1, 0.15) is 5.56 Å². The normalized spacial score (nSPS) is 23.1. The highest BCUT2D eigenvalue weighted by Gasteiger charge is 2.28. The smallest absolute Gasteiger partial charge is 0.241 e. The molecule has 1 N–H and O–H groups in total. The highest BCUT2D eigenvalue weighted by Crippen LogP contribution is 2.23. The number of nitrogens with one attached hydrogen (secondary N) is 1. The number of para-hydroxylation sites is 1. The molecule has 3 rings (SSSR count). The summed E-state index contributed by atoms with van der Waals surface area (Å²) in [5, 5.41) is 3.23. The van der Waals surface area contributed by atoms with Gasteiger partial charge in [0, 0.05) is 23.7 Å². The fraction of sp³-hybridized carbons (Fsp3) is 0.462. The Balaban J connectivity index is 1.76. The molecule has 1 fully saturated rings. The number of carbonyl (C=O) groups excluding carboxylic acids is 1. The predicted octanol–water partition coefficient (Wildman–Crippen LogP) is 1.07. The van der Waals surface area contributed by atoms with Crippen LogP contribution in [-0.2, 0) is 11.3 Å². The summed E-state index contributed by atoms with van der Waals surface area (Å²) in [6.45, 7) is 1.89. The third-order valence-corrected chi connectivity index (χ3v) is 4.22. The molecule has 0 aliphatic carbocycles. The van der Waals surface area contributed by atoms with Gasteiger partial charge in [-0.3, -0.25) is 10.1 Å². The number of carbonyl (C=O) groups is 1. The van der Waals surface area contributed by atoms with Gasteiger partial charge in [-0.25, -0.2) is 0 Å². The minimum Gasteiger partial charge on any atom is -0.491 e. The van der Waals surface area contributed by atoms with Crippen molar-refractivity contribution in [2.75, 3.05) is 24.8 Å². The van der Waals surface area contributed by atoms with Crippen molar-refractivity contribution in [2.45, 2.75) is 12.6 Å². The molecule has 2 aliphatic rings. The van der Waals surface area contributed by atoms with E-state index in [4.69, 9.17) is 4.74 Å². The molecule has 0 radical (unpaired) electrons. The number of hydrogen-bond donors (Lipinski definition) is 1. The molecule has 0 aromatic heterocycles. The zero-order chi connectivity index (χ0) is 12.4. The van der Waals surface area contributed by atoms with Gasteiger partial charge in [-0.05, 0) is 6.07 Å². The van der Waals surface area contributed by atoms with Crippen molar-refractivity contribution in [1.82, 2.24) is 10.2 Å². The monoisotopic (exact) mass is 264 g/mol. The maximum atomic E-state index is 12.4. The summed E-state index contributed by atoms with van der Waals surface area (Å²) in [5.74, 6) is 2.84. The fourth-order valence-electron chi connectivity index (χ4n) is 2.29. The molecule has 1 aromatic carbocycles. The van der Waals surface area contributed by atoms with Gasteiger partial charge in [0.2, 0.25) is 5.91 Å². The first kappa shape index (κ1) is 11.9. The van der Waals surface area contributed by atoms with E-state index in [1.54, 1.807) is 11.8 Å². The largest absolute Gasteiger partial charge is 0.491 e. The van der Waals surface area contributed by atoms with Crippen LogP contribution < -0.4 is 10.1 Å². The first-order valence-corrected chi connectivity index (χ1v) is 7.31. The van der Waals surface area contributed by atoms with Crippen molar-refractivity contribution in [2.24, 2.45) is 0 Å². The van der Waals surface area contributed by atoms with Crippen LogP contribution in [0.3, 0.4) is 0 Å². The molecule has 1 atom stereocenters. The highest BCUT2D eigenvalue weighted by atomic mass is 32.2. The van der Waals surface area contributed by atoms with E-state index in [-0.39, 0.29) is 11.9 Å². The van der Waals surface area contributed by atoms with Crippen molar-refractivity contribution >= 4 is 17.7 Å². The lowest BCUT2D eigenvalue weighted by Gasteiger charge is -2.23. The van der Waals surface area contributed by atoms with Crippen LogP contribution in [0.5, 0.6) is 5.75 Å². The zero-order valence-corrected chi connectivity index (χ0v) is 10.9. The van der Waals surface area contributed by atoms with Gasteiger partial charge in [0.05, 0.1) is 12.6 Å². The summed E-state index contributed by atoms with van der Waals surface area (Å²) < 4.78 is 5.67. The lowest BCUT2D eigenvalue weighted by Crippen LogP contribution is -2.45. The van der Waals surface area contributed by atoms with Crippen molar-refractivity contribution in [3.63, 3.8) is 0 Å². The molecule has 2 aliphatic heterocycles. The van der Waals surface area contributed by atoms with Crippen molar-refractivity contribution in [3.8, 4) is 5.75 Å². The van der Waals surface area contributed by atoms with Gasteiger partial charge in [-0.1, -0.05) is 18.2 Å². The Morgan fingerprint density at radius 2 is 2.33 bits per heavy atom. The summed E-state index contributed by atoms with van der Waals surface area (Å²) >= 11 is 1.78. The quantitative estimate of drug-likeness (QED) is 0.824. The van der Waals surface area contributed by atoms with Crippen LogP contribution in [0.4, 0.5) is 0 Å². The van der Waals surface area contributed by atoms with E-state index in [1.165, 1.54) is 0 Å². The Kier molecular flexibility index (Phi) is 3.43. The Hall–Kier alpha value is -1.20. The van der Waals surface area contributed by atoms with Crippen LogP contribution in [0.25, 0.3) is 0 Å². The van der Waals surface area contributed by atoms with Crippen LogP contribution >= 0.6 is 11.8 Å². The second-order valence-electron chi connectivity index (χ2n) is 4.49. The molecule has 1 amide bonds. The molecule has 0 spiro atoms. The number of ether oxygens (including phenoxy) is 1. The van der Waals surface area contributed by atoms with Gasteiger partial charge in [-0.2, -0.15) is 0 Å². The second kappa shape index (κ2) is 5.20. The van der Waals surface area contributed by atoms with Gasteiger partial charge in [0.15, 0.2) is 0 Å². The number of amides is 1. The lowest BCUT2D eigenvalue weighted by atomic mass is 10.2. The molecule has 2 heterocycles. The maximum absolute atomic E-state index is 12.4. The first-order chi connectivity index (χ1) is 8.84. The SMILES string of the molecule is O=C(C1CSCN1)N1CCOc2ccccc2C1. The molecule has 4 nitrogen and oxygen atoms in total. The number of thioether (sulfide) groups is 1. The van der Waals surface area contributed by atoms with E-state index in [0.717, 1.165) is 22.9 Å². The van der Waals surface area contributed by atoms with Crippen LogP contribution in [0.15, 0.2) is 24.3 Å². The predicted molar refractivity (Wildman–Crippen MR) is 71.6 cm³/mol. The van der Waals surface area contributed by atoms with Crippen LogP contribution in [0.2, 0.25) is 0 Å². The highest BCUT2D eigenvalue weighted by molar-refractivity contribution is 7.99. The van der Waals surface area contributed by atoms with Gasteiger partial charge in [0.1, 0.15) is 12.4 Å².